The van der Waals surface area contributed by atoms with Gasteiger partial charge >= 0.3 is 0 Å². The van der Waals surface area contributed by atoms with Gasteiger partial charge in [-0.25, -0.2) is 0 Å². The van der Waals surface area contributed by atoms with Crippen LogP contribution >= 0.6 is 0 Å². The second-order valence-corrected chi connectivity index (χ2v) is 7.78. The van der Waals surface area contributed by atoms with Crippen molar-refractivity contribution in [2.75, 3.05) is 19.7 Å². The lowest BCUT2D eigenvalue weighted by Crippen LogP contribution is -2.52. The third kappa shape index (κ3) is 3.63. The predicted molar refractivity (Wildman–Crippen MR) is 103 cm³/mol. The number of amides is 3. The molecule has 0 spiro atoms. The molecule has 1 aromatic rings. The van der Waals surface area contributed by atoms with Crippen LogP contribution in [0.15, 0.2) is 18.2 Å². The molecular formula is C21H27N3O4. The van der Waals surface area contributed by atoms with E-state index in [0.29, 0.717) is 31.2 Å². The average Bonchev–Trinajstić information content (AvgIpc) is 3.26. The second-order valence-electron chi connectivity index (χ2n) is 7.78. The lowest BCUT2D eigenvalue weighted by atomic mass is 10.0. The molecule has 1 unspecified atom stereocenters. The van der Waals surface area contributed by atoms with Gasteiger partial charge in [0.05, 0.1) is 6.61 Å². The summed E-state index contributed by atoms with van der Waals surface area (Å²) in [7, 11) is 0. The van der Waals surface area contributed by atoms with Crippen LogP contribution in [0.5, 0.6) is 5.75 Å². The van der Waals surface area contributed by atoms with Crippen molar-refractivity contribution in [3.05, 3.63) is 29.3 Å². The maximum Gasteiger partial charge on any atom is 0.255 e. The molecule has 0 radical (unpaired) electrons. The molecule has 3 amide bonds. The molecule has 0 saturated carbocycles. The van der Waals surface area contributed by atoms with Gasteiger partial charge in [0.15, 0.2) is 0 Å². The van der Waals surface area contributed by atoms with E-state index < -0.39 is 6.04 Å². The van der Waals surface area contributed by atoms with Crippen LogP contribution in [-0.4, -0.2) is 59.3 Å². The summed E-state index contributed by atoms with van der Waals surface area (Å²) in [4.78, 5) is 40.3. The molecule has 7 heteroatoms. The lowest BCUT2D eigenvalue weighted by Gasteiger charge is -2.29. The van der Waals surface area contributed by atoms with Gasteiger partial charge in [-0.3, -0.25) is 19.7 Å². The topological polar surface area (TPSA) is 79.0 Å². The number of nitrogens with zero attached hydrogens (tertiary/aromatic N) is 2. The Morgan fingerprint density at radius 3 is 2.86 bits per heavy atom. The number of carbonyl (C=O) groups excluding carboxylic acids is 3. The van der Waals surface area contributed by atoms with Crippen molar-refractivity contribution in [3.63, 3.8) is 0 Å². The van der Waals surface area contributed by atoms with Crippen LogP contribution in [0.25, 0.3) is 0 Å². The van der Waals surface area contributed by atoms with E-state index >= 15 is 0 Å². The summed E-state index contributed by atoms with van der Waals surface area (Å²) in [6.07, 6.45) is 4.14. The van der Waals surface area contributed by atoms with Gasteiger partial charge in [-0.2, -0.15) is 0 Å². The number of fused-ring (bicyclic) bond motifs is 1. The fraction of sp³-hybridized carbons (Fsp3) is 0.571. The third-order valence-electron chi connectivity index (χ3n) is 6.12. The first-order valence-corrected chi connectivity index (χ1v) is 10.2. The highest BCUT2D eigenvalue weighted by molar-refractivity contribution is 6.05. The molecule has 0 aromatic heterocycles. The summed E-state index contributed by atoms with van der Waals surface area (Å²) in [5.74, 6) is -0.0470. The van der Waals surface area contributed by atoms with Crippen LogP contribution in [0.4, 0.5) is 0 Å². The Hall–Kier alpha value is -2.41. The number of carbonyl (C=O) groups is 3. The fourth-order valence-electron chi connectivity index (χ4n) is 4.59. The van der Waals surface area contributed by atoms with Crippen molar-refractivity contribution in [3.8, 4) is 5.75 Å². The largest absolute Gasteiger partial charge is 0.494 e. The molecule has 3 heterocycles. The van der Waals surface area contributed by atoms with Gasteiger partial charge in [-0.15, -0.1) is 0 Å². The van der Waals surface area contributed by atoms with Gasteiger partial charge in [0.1, 0.15) is 11.8 Å². The van der Waals surface area contributed by atoms with Gasteiger partial charge in [-0.1, -0.05) is 6.92 Å². The molecule has 0 bridgehead atoms. The van der Waals surface area contributed by atoms with Crippen molar-refractivity contribution in [1.82, 2.24) is 15.1 Å². The number of ether oxygens (including phenoxy) is 1. The van der Waals surface area contributed by atoms with E-state index in [1.54, 1.807) is 11.0 Å². The molecule has 3 aliphatic rings. The van der Waals surface area contributed by atoms with Crippen LogP contribution in [0.3, 0.4) is 0 Å². The Labute approximate surface area is 165 Å². The molecular weight excluding hydrogens is 358 g/mol. The summed E-state index contributed by atoms with van der Waals surface area (Å²) in [6, 6.07) is 5.54. The summed E-state index contributed by atoms with van der Waals surface area (Å²) < 4.78 is 5.96. The lowest BCUT2D eigenvalue weighted by molar-refractivity contribution is -0.136. The first kappa shape index (κ1) is 18.9. The SMILES string of the molecule is CCN1CCC[C@@H]1CCOc1ccc2c(c1)CN(C1CCC(=O)NC1=O)C2=O. The molecule has 1 N–H and O–H groups in total. The summed E-state index contributed by atoms with van der Waals surface area (Å²) in [5.41, 5.74) is 1.49. The molecule has 2 saturated heterocycles. The Kier molecular flexibility index (Phi) is 5.35. The number of imide groups is 1. The van der Waals surface area contributed by atoms with E-state index in [1.165, 1.54) is 19.4 Å². The van der Waals surface area contributed by atoms with Crippen molar-refractivity contribution >= 4 is 17.7 Å². The van der Waals surface area contributed by atoms with E-state index in [9.17, 15) is 14.4 Å². The van der Waals surface area contributed by atoms with Gasteiger partial charge < -0.3 is 14.5 Å². The third-order valence-corrected chi connectivity index (χ3v) is 6.12. The van der Waals surface area contributed by atoms with Crippen molar-refractivity contribution in [2.45, 2.75) is 57.7 Å². The molecule has 4 rings (SSSR count). The standard InChI is InChI=1S/C21H27N3O4/c1-2-23-10-3-4-15(23)9-11-28-16-5-6-17-14(12-16)13-24(21(17)27)18-7-8-19(25)22-20(18)26/h5-6,12,15,18H,2-4,7-11,13H2,1H3,(H,22,25,26)/t15-,18?/m1/s1. The maximum absolute atomic E-state index is 12.7. The number of nitrogens with one attached hydrogen (secondary N) is 1. The number of benzene rings is 1. The zero-order valence-electron chi connectivity index (χ0n) is 16.3. The molecule has 28 heavy (non-hydrogen) atoms. The smallest absolute Gasteiger partial charge is 0.255 e. The minimum Gasteiger partial charge on any atom is -0.494 e. The Bertz CT molecular complexity index is 794. The quantitative estimate of drug-likeness (QED) is 0.754. The maximum atomic E-state index is 12.7. The van der Waals surface area contributed by atoms with E-state index in [-0.39, 0.29) is 24.1 Å². The van der Waals surface area contributed by atoms with Gasteiger partial charge in [0, 0.05) is 24.6 Å². The van der Waals surface area contributed by atoms with E-state index in [4.69, 9.17) is 4.74 Å². The molecule has 2 atom stereocenters. The zero-order chi connectivity index (χ0) is 19.7. The number of hydrogen-bond donors (Lipinski definition) is 1. The monoisotopic (exact) mass is 385 g/mol. The predicted octanol–water partition coefficient (Wildman–Crippen LogP) is 1.70. The minimum atomic E-state index is -0.579. The molecule has 2 fully saturated rings. The van der Waals surface area contributed by atoms with Crippen LogP contribution in [0, 0.1) is 0 Å². The Balaban J connectivity index is 1.37. The van der Waals surface area contributed by atoms with Crippen LogP contribution in [0.2, 0.25) is 0 Å². The summed E-state index contributed by atoms with van der Waals surface area (Å²) >= 11 is 0. The van der Waals surface area contributed by atoms with Crippen LogP contribution < -0.4 is 10.1 Å². The van der Waals surface area contributed by atoms with Crippen molar-refractivity contribution in [1.29, 1.82) is 0 Å². The molecule has 3 aliphatic heterocycles. The van der Waals surface area contributed by atoms with Crippen molar-refractivity contribution in [2.24, 2.45) is 0 Å². The number of likely N-dealkylation sites (tertiary alicyclic amines) is 1. The van der Waals surface area contributed by atoms with Gasteiger partial charge in [-0.05, 0) is 62.5 Å². The van der Waals surface area contributed by atoms with E-state index in [2.05, 4.69) is 17.1 Å². The number of rotatable bonds is 6. The summed E-state index contributed by atoms with van der Waals surface area (Å²) in [6.45, 7) is 5.50. The molecule has 150 valence electrons. The highest BCUT2D eigenvalue weighted by Crippen LogP contribution is 2.30. The minimum absolute atomic E-state index is 0.152. The Morgan fingerprint density at radius 2 is 2.07 bits per heavy atom. The number of piperidine rings is 1. The molecule has 7 nitrogen and oxygen atoms in total. The fourth-order valence-corrected chi connectivity index (χ4v) is 4.59. The highest BCUT2D eigenvalue weighted by Gasteiger charge is 2.39. The van der Waals surface area contributed by atoms with E-state index in [1.807, 2.05) is 12.1 Å². The first-order valence-electron chi connectivity index (χ1n) is 10.2. The average molecular weight is 385 g/mol. The molecule has 1 aromatic carbocycles. The number of hydrogen-bond acceptors (Lipinski definition) is 5. The molecule has 0 aliphatic carbocycles. The zero-order valence-corrected chi connectivity index (χ0v) is 16.3. The first-order chi connectivity index (χ1) is 13.6. The van der Waals surface area contributed by atoms with Crippen molar-refractivity contribution < 1.29 is 19.1 Å². The highest BCUT2D eigenvalue weighted by atomic mass is 16.5. The Morgan fingerprint density at radius 1 is 1.21 bits per heavy atom. The normalized spacial score (nSPS) is 25.2. The second kappa shape index (κ2) is 7.91. The van der Waals surface area contributed by atoms with E-state index in [0.717, 1.165) is 24.3 Å². The summed E-state index contributed by atoms with van der Waals surface area (Å²) in [5, 5.41) is 2.33. The van der Waals surface area contributed by atoms with Crippen LogP contribution in [0.1, 0.15) is 54.9 Å². The van der Waals surface area contributed by atoms with Crippen LogP contribution in [-0.2, 0) is 16.1 Å². The van der Waals surface area contributed by atoms with Gasteiger partial charge in [0.2, 0.25) is 11.8 Å². The van der Waals surface area contributed by atoms with Gasteiger partial charge in [0.25, 0.3) is 5.91 Å².